The van der Waals surface area contributed by atoms with E-state index in [1.54, 1.807) is 7.11 Å². The minimum atomic E-state index is -0.316. The Balaban J connectivity index is 1.95. The van der Waals surface area contributed by atoms with Crippen molar-refractivity contribution in [2.24, 2.45) is 0 Å². The molecule has 1 aliphatic heterocycles. The molecule has 162 valence electrons. The number of methoxy groups -OCH3 is 1. The van der Waals surface area contributed by atoms with Crippen molar-refractivity contribution in [1.29, 1.82) is 0 Å². The normalized spacial score (nSPS) is 19.0. The highest BCUT2D eigenvalue weighted by molar-refractivity contribution is 6.53. The molecule has 1 aromatic rings. The van der Waals surface area contributed by atoms with Crippen LogP contribution in [0.4, 0.5) is 0 Å². The van der Waals surface area contributed by atoms with Crippen LogP contribution in [0.15, 0.2) is 36.3 Å². The third-order valence-corrected chi connectivity index (χ3v) is 6.05. The molecule has 1 aromatic carbocycles. The SMILES string of the molecule is COCOC(C)(C)CCCCC/C(=C\B1OC(C)(C)C(C)(C)O1)c1ccccc1. The van der Waals surface area contributed by atoms with E-state index in [2.05, 4.69) is 77.8 Å². The molecule has 5 heteroatoms. The fraction of sp³-hybridized carbons (Fsp3) is 0.667. The average molecular weight is 402 g/mol. The molecule has 0 bridgehead atoms. The summed E-state index contributed by atoms with van der Waals surface area (Å²) in [5.74, 6) is 2.16. The molecule has 0 aliphatic carbocycles. The third kappa shape index (κ3) is 7.25. The number of rotatable bonds is 11. The lowest BCUT2D eigenvalue weighted by Crippen LogP contribution is -2.41. The Bertz CT molecular complexity index is 636. The van der Waals surface area contributed by atoms with Gasteiger partial charge in [-0.25, -0.2) is 0 Å². The summed E-state index contributed by atoms with van der Waals surface area (Å²) in [6.07, 6.45) is 5.45. The first kappa shape index (κ1) is 24.1. The van der Waals surface area contributed by atoms with Gasteiger partial charge >= 0.3 is 7.12 Å². The lowest BCUT2D eigenvalue weighted by molar-refractivity contribution is -0.117. The van der Waals surface area contributed by atoms with Gasteiger partial charge in [0.25, 0.3) is 0 Å². The predicted molar refractivity (Wildman–Crippen MR) is 121 cm³/mol. The van der Waals surface area contributed by atoms with E-state index in [1.807, 2.05) is 0 Å². The number of unbranched alkanes of at least 4 members (excludes halogenated alkanes) is 2. The van der Waals surface area contributed by atoms with E-state index in [4.69, 9.17) is 18.8 Å². The average Bonchev–Trinajstić information content (AvgIpc) is 2.86. The molecule has 0 spiro atoms. The number of hydrogen-bond acceptors (Lipinski definition) is 4. The van der Waals surface area contributed by atoms with E-state index < -0.39 is 0 Å². The Hall–Kier alpha value is -1.14. The Kier molecular flexibility index (Phi) is 8.53. The van der Waals surface area contributed by atoms with Crippen LogP contribution in [-0.4, -0.2) is 37.8 Å². The summed E-state index contributed by atoms with van der Waals surface area (Å²) >= 11 is 0. The van der Waals surface area contributed by atoms with Crippen molar-refractivity contribution in [1.82, 2.24) is 0 Å². The molecule has 0 aromatic heterocycles. The van der Waals surface area contributed by atoms with E-state index in [0.29, 0.717) is 6.79 Å². The first-order valence-corrected chi connectivity index (χ1v) is 10.8. The minimum Gasteiger partial charge on any atom is -0.400 e. The Morgan fingerprint density at radius 3 is 2.21 bits per heavy atom. The number of hydrogen-bond donors (Lipinski definition) is 0. The first-order valence-electron chi connectivity index (χ1n) is 10.8. The molecule has 0 radical (unpaired) electrons. The fourth-order valence-corrected chi connectivity index (χ4v) is 3.43. The summed E-state index contributed by atoms with van der Waals surface area (Å²) in [4.78, 5) is 0. The van der Waals surface area contributed by atoms with Gasteiger partial charge in [0, 0.05) is 7.11 Å². The van der Waals surface area contributed by atoms with Crippen LogP contribution in [0.25, 0.3) is 5.57 Å². The van der Waals surface area contributed by atoms with Crippen LogP contribution >= 0.6 is 0 Å². The Morgan fingerprint density at radius 1 is 1.00 bits per heavy atom. The standard InChI is InChI=1S/C24H39BO4/c1-22(2,27-19-26-7)17-13-9-12-16-21(20-14-10-8-11-15-20)18-25-28-23(3,4)24(5,6)29-25/h8,10-11,14-15,18H,9,12-13,16-17,19H2,1-7H3/b21-18+. The number of ether oxygens (including phenoxy) is 2. The second kappa shape index (κ2) is 10.3. The van der Waals surface area contributed by atoms with Crippen molar-refractivity contribution in [2.45, 2.75) is 90.4 Å². The van der Waals surface area contributed by atoms with Crippen LogP contribution in [0, 0.1) is 0 Å². The van der Waals surface area contributed by atoms with Gasteiger partial charge in [0.15, 0.2) is 0 Å². The lowest BCUT2D eigenvalue weighted by atomic mass is 9.83. The quantitative estimate of drug-likeness (QED) is 0.256. The molecule has 1 aliphatic rings. The molecule has 1 saturated heterocycles. The molecule has 0 saturated carbocycles. The van der Waals surface area contributed by atoms with Crippen LogP contribution in [0.5, 0.6) is 0 Å². The van der Waals surface area contributed by atoms with Gasteiger partial charge in [-0.1, -0.05) is 49.1 Å². The van der Waals surface area contributed by atoms with Gasteiger partial charge in [-0.2, -0.15) is 0 Å². The highest BCUT2D eigenvalue weighted by Gasteiger charge is 2.50. The van der Waals surface area contributed by atoms with E-state index in [-0.39, 0.29) is 23.9 Å². The molecular formula is C24H39BO4. The summed E-state index contributed by atoms with van der Waals surface area (Å²) in [5, 5.41) is 0. The van der Waals surface area contributed by atoms with E-state index in [0.717, 1.165) is 32.1 Å². The Morgan fingerprint density at radius 2 is 1.62 bits per heavy atom. The van der Waals surface area contributed by atoms with Crippen molar-refractivity contribution < 1.29 is 18.8 Å². The Labute approximate surface area is 178 Å². The van der Waals surface area contributed by atoms with Gasteiger partial charge in [0.05, 0.1) is 16.8 Å². The van der Waals surface area contributed by atoms with Gasteiger partial charge in [0.2, 0.25) is 0 Å². The van der Waals surface area contributed by atoms with Crippen molar-refractivity contribution >= 4 is 12.7 Å². The zero-order valence-corrected chi connectivity index (χ0v) is 19.4. The van der Waals surface area contributed by atoms with E-state index in [1.165, 1.54) is 11.1 Å². The van der Waals surface area contributed by atoms with Crippen LogP contribution in [-0.2, 0) is 18.8 Å². The van der Waals surface area contributed by atoms with Crippen LogP contribution < -0.4 is 0 Å². The van der Waals surface area contributed by atoms with Crippen LogP contribution in [0.2, 0.25) is 0 Å². The summed E-state index contributed by atoms with van der Waals surface area (Å²) in [6.45, 7) is 13.0. The maximum Gasteiger partial charge on any atom is 0.487 e. The molecule has 0 atom stereocenters. The number of allylic oxidation sites excluding steroid dienone is 1. The summed E-state index contributed by atoms with van der Waals surface area (Å²) in [6, 6.07) is 10.6. The first-order chi connectivity index (χ1) is 13.6. The summed E-state index contributed by atoms with van der Waals surface area (Å²) in [7, 11) is 1.35. The smallest absolute Gasteiger partial charge is 0.400 e. The van der Waals surface area contributed by atoms with E-state index >= 15 is 0 Å². The lowest BCUT2D eigenvalue weighted by Gasteiger charge is -2.32. The molecule has 2 rings (SSSR count). The molecule has 1 fully saturated rings. The van der Waals surface area contributed by atoms with Gasteiger partial charge < -0.3 is 18.8 Å². The van der Waals surface area contributed by atoms with Gasteiger partial charge in [-0.15, -0.1) is 0 Å². The maximum atomic E-state index is 6.20. The minimum absolute atomic E-state index is 0.142. The monoisotopic (exact) mass is 402 g/mol. The van der Waals surface area contributed by atoms with Crippen molar-refractivity contribution in [2.75, 3.05) is 13.9 Å². The number of benzene rings is 1. The molecule has 29 heavy (non-hydrogen) atoms. The second-order valence-electron chi connectivity index (χ2n) is 9.55. The van der Waals surface area contributed by atoms with Gasteiger partial charge in [0.1, 0.15) is 6.79 Å². The summed E-state index contributed by atoms with van der Waals surface area (Å²) < 4.78 is 23.2. The fourth-order valence-electron chi connectivity index (χ4n) is 3.43. The molecular weight excluding hydrogens is 363 g/mol. The molecule has 0 amide bonds. The zero-order valence-electron chi connectivity index (χ0n) is 19.4. The zero-order chi connectivity index (χ0) is 21.5. The van der Waals surface area contributed by atoms with E-state index in [9.17, 15) is 0 Å². The summed E-state index contributed by atoms with van der Waals surface area (Å²) in [5.41, 5.74) is 1.76. The van der Waals surface area contributed by atoms with Crippen molar-refractivity contribution in [3.05, 3.63) is 41.9 Å². The van der Waals surface area contributed by atoms with Gasteiger partial charge in [-0.3, -0.25) is 0 Å². The largest absolute Gasteiger partial charge is 0.487 e. The third-order valence-electron chi connectivity index (χ3n) is 6.05. The topological polar surface area (TPSA) is 36.9 Å². The molecule has 0 N–H and O–H groups in total. The van der Waals surface area contributed by atoms with Crippen LogP contribution in [0.1, 0.15) is 79.2 Å². The highest BCUT2D eigenvalue weighted by Crippen LogP contribution is 2.38. The van der Waals surface area contributed by atoms with Crippen molar-refractivity contribution in [3.63, 3.8) is 0 Å². The van der Waals surface area contributed by atoms with Gasteiger partial charge in [-0.05, 0) is 71.9 Å². The maximum absolute atomic E-state index is 6.20. The molecule has 0 unspecified atom stereocenters. The highest BCUT2D eigenvalue weighted by atomic mass is 16.7. The second-order valence-corrected chi connectivity index (χ2v) is 9.55. The molecule has 4 nitrogen and oxygen atoms in total. The van der Waals surface area contributed by atoms with Crippen molar-refractivity contribution in [3.8, 4) is 0 Å². The van der Waals surface area contributed by atoms with Crippen LogP contribution in [0.3, 0.4) is 0 Å². The molecule has 1 heterocycles. The predicted octanol–water partition coefficient (Wildman–Crippen LogP) is 6.05.